The molecule has 1 amide bonds. The molecule has 1 aliphatic rings. The summed E-state index contributed by atoms with van der Waals surface area (Å²) in [4.78, 5) is 11.6. The van der Waals surface area contributed by atoms with Crippen molar-refractivity contribution in [3.63, 3.8) is 0 Å². The van der Waals surface area contributed by atoms with Gasteiger partial charge in [-0.05, 0) is 44.0 Å². The summed E-state index contributed by atoms with van der Waals surface area (Å²) >= 11 is 0. The summed E-state index contributed by atoms with van der Waals surface area (Å²) in [5.41, 5.74) is -3.58. The lowest BCUT2D eigenvalue weighted by Gasteiger charge is -2.28. The Morgan fingerprint density at radius 3 is 2.38 bits per heavy atom. The minimum atomic E-state index is -4.90. The van der Waals surface area contributed by atoms with E-state index in [1.807, 2.05) is 0 Å². The molecular weight excluding hydrogens is 387 g/mol. The Kier molecular flexibility index (Phi) is 5.25. The van der Waals surface area contributed by atoms with Gasteiger partial charge in [0.15, 0.2) is 0 Å². The van der Waals surface area contributed by atoms with E-state index < -0.39 is 23.5 Å². The van der Waals surface area contributed by atoms with Crippen LogP contribution in [0.5, 0.6) is 5.75 Å². The second-order valence-corrected chi connectivity index (χ2v) is 7.74. The Morgan fingerprint density at radius 2 is 1.72 bits per heavy atom. The fraction of sp³-hybridized carbons (Fsp3) is 0.381. The summed E-state index contributed by atoms with van der Waals surface area (Å²) in [6.07, 6.45) is -5.51. The number of hydrogen-bond donors (Lipinski definition) is 2. The molecule has 5 nitrogen and oxygen atoms in total. The van der Waals surface area contributed by atoms with E-state index in [1.165, 1.54) is 30.3 Å². The molecule has 0 spiro atoms. The Bertz CT molecular complexity index is 921. The van der Waals surface area contributed by atoms with Crippen molar-refractivity contribution < 1.29 is 32.5 Å². The van der Waals surface area contributed by atoms with Crippen molar-refractivity contribution in [1.29, 1.82) is 0 Å². The zero-order valence-corrected chi connectivity index (χ0v) is 16.3. The number of ether oxygens (including phenoxy) is 2. The van der Waals surface area contributed by atoms with Crippen molar-refractivity contribution in [2.75, 3.05) is 13.2 Å². The van der Waals surface area contributed by atoms with E-state index in [9.17, 15) is 23.1 Å². The fourth-order valence-electron chi connectivity index (χ4n) is 3.27. The molecule has 156 valence electrons. The molecule has 8 heteroatoms. The summed E-state index contributed by atoms with van der Waals surface area (Å²) in [5, 5.41) is 13.2. The average Bonchev–Trinajstić information content (AvgIpc) is 2.87. The van der Waals surface area contributed by atoms with Crippen LogP contribution in [-0.4, -0.2) is 36.1 Å². The highest BCUT2D eigenvalue weighted by Gasteiger charge is 2.60. The predicted octanol–water partition coefficient (Wildman–Crippen LogP) is 4.37. The van der Waals surface area contributed by atoms with Gasteiger partial charge in [-0.3, -0.25) is 0 Å². The van der Waals surface area contributed by atoms with Gasteiger partial charge >= 0.3 is 12.3 Å². The summed E-state index contributed by atoms with van der Waals surface area (Å²) in [7, 11) is 0. The maximum Gasteiger partial charge on any atom is 0.425 e. The number of hydrogen-bond acceptors (Lipinski definition) is 4. The van der Waals surface area contributed by atoms with Gasteiger partial charge in [-0.1, -0.05) is 30.3 Å². The van der Waals surface area contributed by atoms with Crippen molar-refractivity contribution in [2.24, 2.45) is 0 Å². The van der Waals surface area contributed by atoms with E-state index in [2.05, 4.69) is 5.32 Å². The van der Waals surface area contributed by atoms with Crippen molar-refractivity contribution in [3.8, 4) is 16.9 Å². The molecule has 1 aliphatic carbocycles. The zero-order chi connectivity index (χ0) is 21.4. The molecule has 1 atom stereocenters. The Hall–Kier alpha value is -2.74. The highest BCUT2D eigenvalue weighted by Crippen LogP contribution is 2.55. The third-order valence-corrected chi connectivity index (χ3v) is 4.44. The molecule has 0 bridgehead atoms. The van der Waals surface area contributed by atoms with Gasteiger partial charge in [0.2, 0.25) is 5.60 Å². The molecule has 0 radical (unpaired) electrons. The summed E-state index contributed by atoms with van der Waals surface area (Å²) in [6.45, 7) is 5.32. The lowest BCUT2D eigenvalue weighted by molar-refractivity contribution is -0.246. The van der Waals surface area contributed by atoms with Crippen LogP contribution in [0.4, 0.5) is 18.0 Å². The van der Waals surface area contributed by atoms with E-state index in [0.717, 1.165) is 0 Å². The van der Waals surface area contributed by atoms with Crippen molar-refractivity contribution >= 4 is 6.09 Å². The van der Waals surface area contributed by atoms with Gasteiger partial charge in [-0.2, -0.15) is 13.2 Å². The number of alkyl carbamates (subject to hydrolysis) is 1. The van der Waals surface area contributed by atoms with Gasteiger partial charge < -0.3 is 19.9 Å². The van der Waals surface area contributed by atoms with Gasteiger partial charge in [0.05, 0.1) is 6.54 Å². The van der Waals surface area contributed by atoms with Crippen LogP contribution in [0.2, 0.25) is 0 Å². The van der Waals surface area contributed by atoms with E-state index in [1.54, 1.807) is 32.9 Å². The number of amides is 1. The number of nitrogens with one attached hydrogen (secondary N) is 1. The number of carbonyl (C=O) groups is 1. The number of aliphatic hydroxyl groups is 1. The van der Waals surface area contributed by atoms with Gasteiger partial charge in [-0.15, -0.1) is 0 Å². The minimum absolute atomic E-state index is 0.0232. The highest BCUT2D eigenvalue weighted by molar-refractivity contribution is 5.81. The SMILES string of the molecule is CC(C)(C)OC(=O)NCCOc1ccc2c(c1)C(O)(C(F)(F)F)c1ccccc1-2. The molecule has 0 saturated carbocycles. The number of fused-ring (bicyclic) bond motifs is 3. The maximum absolute atomic E-state index is 13.8. The van der Waals surface area contributed by atoms with Crippen molar-refractivity contribution in [2.45, 2.75) is 38.1 Å². The molecule has 29 heavy (non-hydrogen) atoms. The molecule has 0 fully saturated rings. The van der Waals surface area contributed by atoms with Crippen LogP contribution in [-0.2, 0) is 10.3 Å². The summed E-state index contributed by atoms with van der Waals surface area (Å²) < 4.78 is 52.0. The molecule has 1 unspecified atom stereocenters. The van der Waals surface area contributed by atoms with Gasteiger partial charge in [0.25, 0.3) is 0 Å². The highest BCUT2D eigenvalue weighted by atomic mass is 19.4. The van der Waals surface area contributed by atoms with Crippen LogP contribution in [0, 0.1) is 0 Å². The fourth-order valence-corrected chi connectivity index (χ4v) is 3.27. The standard InChI is InChI=1S/C21H22F3NO4/c1-19(2,3)29-18(26)25-10-11-28-13-8-9-15-14-6-4-5-7-16(14)20(27,17(15)12-13)21(22,23)24/h4-9,12,27H,10-11H2,1-3H3,(H,25,26). The Labute approximate surface area is 166 Å². The quantitative estimate of drug-likeness (QED) is 0.736. The molecule has 0 saturated heterocycles. The van der Waals surface area contributed by atoms with E-state index >= 15 is 0 Å². The smallest absolute Gasteiger partial charge is 0.425 e. The predicted molar refractivity (Wildman–Crippen MR) is 101 cm³/mol. The van der Waals surface area contributed by atoms with E-state index in [-0.39, 0.29) is 30.0 Å². The summed E-state index contributed by atoms with van der Waals surface area (Å²) in [6, 6.07) is 10.1. The lowest BCUT2D eigenvalue weighted by Crippen LogP contribution is -2.41. The first-order valence-electron chi connectivity index (χ1n) is 9.06. The van der Waals surface area contributed by atoms with Crippen LogP contribution < -0.4 is 10.1 Å². The van der Waals surface area contributed by atoms with Gasteiger partial charge in [-0.25, -0.2) is 4.79 Å². The lowest BCUT2D eigenvalue weighted by atomic mass is 9.91. The van der Waals surface area contributed by atoms with Gasteiger partial charge in [0, 0.05) is 11.1 Å². The first-order chi connectivity index (χ1) is 13.4. The number of rotatable bonds is 4. The summed E-state index contributed by atoms with van der Waals surface area (Å²) in [5.74, 6) is 0.158. The topological polar surface area (TPSA) is 67.8 Å². The number of benzene rings is 2. The minimum Gasteiger partial charge on any atom is -0.492 e. The first kappa shape index (κ1) is 21.0. The maximum atomic E-state index is 13.8. The molecule has 2 aromatic carbocycles. The molecule has 2 N–H and O–H groups in total. The van der Waals surface area contributed by atoms with Crippen molar-refractivity contribution in [1.82, 2.24) is 5.32 Å². The van der Waals surface area contributed by atoms with E-state index in [4.69, 9.17) is 9.47 Å². The monoisotopic (exact) mass is 409 g/mol. The molecule has 3 rings (SSSR count). The Morgan fingerprint density at radius 1 is 1.07 bits per heavy atom. The average molecular weight is 409 g/mol. The van der Waals surface area contributed by atoms with E-state index in [0.29, 0.717) is 11.1 Å². The molecule has 0 aliphatic heterocycles. The normalized spacial score (nSPS) is 18.0. The van der Waals surface area contributed by atoms with Crippen LogP contribution in [0.15, 0.2) is 42.5 Å². The zero-order valence-electron chi connectivity index (χ0n) is 16.3. The molecule has 0 aromatic heterocycles. The second kappa shape index (κ2) is 7.26. The van der Waals surface area contributed by atoms with Crippen LogP contribution in [0.3, 0.4) is 0 Å². The number of carbonyl (C=O) groups excluding carboxylic acids is 1. The van der Waals surface area contributed by atoms with Crippen LogP contribution in [0.1, 0.15) is 31.9 Å². The number of halogens is 3. The van der Waals surface area contributed by atoms with Crippen LogP contribution >= 0.6 is 0 Å². The molecular formula is C21H22F3NO4. The third-order valence-electron chi connectivity index (χ3n) is 4.44. The molecule has 0 heterocycles. The third kappa shape index (κ3) is 4.03. The van der Waals surface area contributed by atoms with Crippen LogP contribution in [0.25, 0.3) is 11.1 Å². The largest absolute Gasteiger partial charge is 0.492 e. The molecule has 2 aromatic rings. The second-order valence-electron chi connectivity index (χ2n) is 7.74. The van der Waals surface area contributed by atoms with Gasteiger partial charge in [0.1, 0.15) is 18.0 Å². The van der Waals surface area contributed by atoms with Crippen molar-refractivity contribution in [3.05, 3.63) is 53.6 Å². The first-order valence-corrected chi connectivity index (χ1v) is 9.06. The Balaban J connectivity index is 1.75. The number of alkyl halides is 3.